The summed E-state index contributed by atoms with van der Waals surface area (Å²) < 4.78 is 30.2. The summed E-state index contributed by atoms with van der Waals surface area (Å²) in [6.07, 6.45) is 7.48. The lowest BCUT2D eigenvalue weighted by atomic mass is 9.95. The zero-order chi connectivity index (χ0) is 17.9. The molecule has 0 radical (unpaired) electrons. The Balaban J connectivity index is 1.51. The number of methoxy groups -OCH3 is 1. The quantitative estimate of drug-likeness (QED) is 0.754. The van der Waals surface area contributed by atoms with Crippen LogP contribution in [0.15, 0.2) is 23.9 Å². The van der Waals surface area contributed by atoms with Gasteiger partial charge in [-0.25, -0.2) is 13.4 Å². The van der Waals surface area contributed by atoms with Crippen molar-refractivity contribution in [2.75, 3.05) is 32.6 Å². The van der Waals surface area contributed by atoms with E-state index in [-0.39, 0.29) is 24.0 Å². The summed E-state index contributed by atoms with van der Waals surface area (Å²) in [4.78, 5) is 18.8. The number of hydrogen-bond donors (Lipinski definition) is 0. The van der Waals surface area contributed by atoms with Crippen LogP contribution in [0.3, 0.4) is 0 Å². The van der Waals surface area contributed by atoms with Gasteiger partial charge in [0.15, 0.2) is 9.84 Å². The Labute approximate surface area is 148 Å². The maximum Gasteiger partial charge on any atom is 0.223 e. The van der Waals surface area contributed by atoms with E-state index in [1.807, 2.05) is 17.3 Å². The number of likely N-dealkylation sites (tertiary alicyclic amines) is 1. The number of piperidine rings is 1. The molecule has 2 aliphatic heterocycles. The summed E-state index contributed by atoms with van der Waals surface area (Å²) in [6, 6.07) is 0. The predicted molar refractivity (Wildman–Crippen MR) is 93.7 cm³/mol. The van der Waals surface area contributed by atoms with Crippen LogP contribution in [0.25, 0.3) is 0 Å². The minimum atomic E-state index is -3.10. The molecular weight excluding hydrogens is 342 g/mol. The molecule has 1 aromatic rings. The third-order valence-electron chi connectivity index (χ3n) is 4.94. The highest BCUT2D eigenvalue weighted by molar-refractivity contribution is 7.94. The SMILES string of the molecule is COCCn1ccnc1C1CCN(C(=O)C[C@H]2C=CS(=O)(=O)C2)CC1. The molecule has 3 rings (SSSR count). The summed E-state index contributed by atoms with van der Waals surface area (Å²) >= 11 is 0. The van der Waals surface area contributed by atoms with E-state index in [2.05, 4.69) is 9.55 Å². The number of carbonyl (C=O) groups is 1. The van der Waals surface area contributed by atoms with Gasteiger partial charge in [0.25, 0.3) is 0 Å². The first kappa shape index (κ1) is 18.1. The van der Waals surface area contributed by atoms with Gasteiger partial charge >= 0.3 is 0 Å². The molecule has 7 nitrogen and oxygen atoms in total. The Morgan fingerprint density at radius 3 is 2.76 bits per heavy atom. The molecule has 1 atom stereocenters. The van der Waals surface area contributed by atoms with Gasteiger partial charge in [-0.2, -0.15) is 0 Å². The Morgan fingerprint density at radius 2 is 2.12 bits per heavy atom. The first-order chi connectivity index (χ1) is 12.0. The highest BCUT2D eigenvalue weighted by Crippen LogP contribution is 2.28. The van der Waals surface area contributed by atoms with Crippen molar-refractivity contribution >= 4 is 15.7 Å². The fraction of sp³-hybridized carbons (Fsp3) is 0.647. The molecule has 3 heterocycles. The number of aromatic nitrogens is 2. The van der Waals surface area contributed by atoms with Crippen LogP contribution >= 0.6 is 0 Å². The predicted octanol–water partition coefficient (Wildman–Crippen LogP) is 1.18. The Hall–Kier alpha value is -1.67. The molecule has 25 heavy (non-hydrogen) atoms. The van der Waals surface area contributed by atoms with Gasteiger partial charge in [-0.15, -0.1) is 0 Å². The molecular formula is C17H25N3O4S. The maximum atomic E-state index is 12.4. The largest absolute Gasteiger partial charge is 0.383 e. The first-order valence-electron chi connectivity index (χ1n) is 8.67. The number of amides is 1. The molecule has 0 saturated carbocycles. The lowest BCUT2D eigenvalue weighted by Crippen LogP contribution is -2.39. The van der Waals surface area contributed by atoms with Crippen LogP contribution in [-0.2, 0) is 25.9 Å². The summed E-state index contributed by atoms with van der Waals surface area (Å²) in [5.41, 5.74) is 0. The molecule has 138 valence electrons. The lowest BCUT2D eigenvalue weighted by molar-refractivity contribution is -0.132. The number of rotatable bonds is 6. The molecule has 0 aliphatic carbocycles. The van der Waals surface area contributed by atoms with Gasteiger partial charge in [0.1, 0.15) is 5.82 Å². The van der Waals surface area contributed by atoms with E-state index in [0.717, 1.165) is 25.2 Å². The van der Waals surface area contributed by atoms with Crippen molar-refractivity contribution in [2.45, 2.75) is 31.7 Å². The molecule has 8 heteroatoms. The van der Waals surface area contributed by atoms with Crippen molar-refractivity contribution in [3.63, 3.8) is 0 Å². The lowest BCUT2D eigenvalue weighted by Gasteiger charge is -2.32. The summed E-state index contributed by atoms with van der Waals surface area (Å²) in [6.45, 7) is 2.83. The second-order valence-electron chi connectivity index (χ2n) is 6.75. The second kappa shape index (κ2) is 7.70. The highest BCUT2D eigenvalue weighted by atomic mass is 32.2. The van der Waals surface area contributed by atoms with Crippen LogP contribution in [0.1, 0.15) is 31.0 Å². The molecule has 1 fully saturated rings. The fourth-order valence-corrected chi connectivity index (χ4v) is 4.97. The Morgan fingerprint density at radius 1 is 1.36 bits per heavy atom. The van der Waals surface area contributed by atoms with Crippen molar-refractivity contribution in [1.82, 2.24) is 14.5 Å². The number of carbonyl (C=O) groups excluding carboxylic acids is 1. The zero-order valence-corrected chi connectivity index (χ0v) is 15.3. The normalized spacial score (nSPS) is 23.2. The molecule has 1 saturated heterocycles. The standard InChI is InChI=1S/C17H25N3O4S/c1-24-10-9-20-8-5-18-17(20)15-2-6-19(7-3-15)16(21)12-14-4-11-25(22,23)13-14/h4-5,8,11,14-15H,2-3,6-7,9-10,12-13H2,1H3/t14-/m1/s1. The van der Waals surface area contributed by atoms with Crippen molar-refractivity contribution < 1.29 is 17.9 Å². The molecule has 0 unspecified atom stereocenters. The summed E-state index contributed by atoms with van der Waals surface area (Å²) in [5, 5.41) is 1.23. The Kier molecular flexibility index (Phi) is 5.58. The van der Waals surface area contributed by atoms with E-state index in [0.29, 0.717) is 25.6 Å². The third-order valence-corrected chi connectivity index (χ3v) is 6.40. The number of ether oxygens (including phenoxy) is 1. The average Bonchev–Trinajstić information content (AvgIpc) is 3.19. The van der Waals surface area contributed by atoms with Crippen LogP contribution in [0, 0.1) is 5.92 Å². The van der Waals surface area contributed by atoms with Gasteiger partial charge in [-0.05, 0) is 12.8 Å². The van der Waals surface area contributed by atoms with Crippen LogP contribution in [0.4, 0.5) is 0 Å². The van der Waals surface area contributed by atoms with Crippen LogP contribution in [-0.4, -0.2) is 61.3 Å². The smallest absolute Gasteiger partial charge is 0.223 e. The van der Waals surface area contributed by atoms with Gasteiger partial charge in [0.05, 0.1) is 12.4 Å². The number of nitrogens with zero attached hydrogens (tertiary/aromatic N) is 3. The highest BCUT2D eigenvalue weighted by Gasteiger charge is 2.29. The molecule has 0 bridgehead atoms. The molecule has 0 spiro atoms. The fourth-order valence-electron chi connectivity index (χ4n) is 3.57. The molecule has 1 amide bonds. The van der Waals surface area contributed by atoms with Crippen molar-refractivity contribution in [3.05, 3.63) is 29.7 Å². The zero-order valence-electron chi connectivity index (χ0n) is 14.5. The van der Waals surface area contributed by atoms with Crippen LogP contribution < -0.4 is 0 Å². The van der Waals surface area contributed by atoms with E-state index in [9.17, 15) is 13.2 Å². The summed E-state index contributed by atoms with van der Waals surface area (Å²) in [5.74, 6) is 1.35. The number of hydrogen-bond acceptors (Lipinski definition) is 5. The topological polar surface area (TPSA) is 81.5 Å². The van der Waals surface area contributed by atoms with E-state index < -0.39 is 9.84 Å². The van der Waals surface area contributed by atoms with Gasteiger partial charge in [0, 0.05) is 62.8 Å². The van der Waals surface area contributed by atoms with E-state index in [1.54, 1.807) is 13.2 Å². The monoisotopic (exact) mass is 367 g/mol. The maximum absolute atomic E-state index is 12.4. The van der Waals surface area contributed by atoms with Crippen LogP contribution in [0.5, 0.6) is 0 Å². The number of allylic oxidation sites excluding steroid dienone is 1. The second-order valence-corrected chi connectivity index (χ2v) is 8.68. The van der Waals surface area contributed by atoms with Crippen molar-refractivity contribution in [1.29, 1.82) is 0 Å². The minimum Gasteiger partial charge on any atom is -0.383 e. The van der Waals surface area contributed by atoms with Gasteiger partial charge in [-0.3, -0.25) is 4.79 Å². The van der Waals surface area contributed by atoms with Gasteiger partial charge < -0.3 is 14.2 Å². The molecule has 0 N–H and O–H groups in total. The van der Waals surface area contributed by atoms with Crippen molar-refractivity contribution in [2.24, 2.45) is 5.92 Å². The number of sulfone groups is 1. The van der Waals surface area contributed by atoms with Crippen LogP contribution in [0.2, 0.25) is 0 Å². The minimum absolute atomic E-state index is 0.0490. The third kappa shape index (κ3) is 4.49. The van der Waals surface area contributed by atoms with E-state index in [1.165, 1.54) is 5.41 Å². The number of imidazole rings is 1. The van der Waals surface area contributed by atoms with Gasteiger partial charge in [0.2, 0.25) is 5.91 Å². The molecule has 2 aliphatic rings. The Bertz CT molecular complexity index is 733. The average molecular weight is 367 g/mol. The van der Waals surface area contributed by atoms with Gasteiger partial charge in [-0.1, -0.05) is 6.08 Å². The molecule has 1 aromatic heterocycles. The van der Waals surface area contributed by atoms with E-state index in [4.69, 9.17) is 4.74 Å². The summed E-state index contributed by atoms with van der Waals surface area (Å²) in [7, 11) is -1.41. The van der Waals surface area contributed by atoms with E-state index >= 15 is 0 Å². The van der Waals surface area contributed by atoms with Crippen molar-refractivity contribution in [3.8, 4) is 0 Å². The molecule has 0 aromatic carbocycles. The first-order valence-corrected chi connectivity index (χ1v) is 10.4.